The molecular formula is C15H19ClN4O. The molecule has 21 heavy (non-hydrogen) atoms. The van der Waals surface area contributed by atoms with Crippen LogP contribution in [0.5, 0.6) is 0 Å². The van der Waals surface area contributed by atoms with Gasteiger partial charge in [-0.2, -0.15) is 5.10 Å². The van der Waals surface area contributed by atoms with E-state index in [0.717, 1.165) is 5.56 Å². The fourth-order valence-electron chi connectivity index (χ4n) is 2.15. The third-order valence-corrected chi connectivity index (χ3v) is 3.58. The van der Waals surface area contributed by atoms with E-state index >= 15 is 0 Å². The Labute approximate surface area is 128 Å². The number of aryl methyl sites for hydroxylation is 1. The van der Waals surface area contributed by atoms with Crippen LogP contribution in [-0.4, -0.2) is 22.9 Å². The molecule has 0 spiro atoms. The summed E-state index contributed by atoms with van der Waals surface area (Å²) in [6.07, 6.45) is 1.63. The smallest absolute Gasteiger partial charge is 0.287 e. The Morgan fingerprint density at radius 3 is 2.67 bits per heavy atom. The lowest BCUT2D eigenvalue weighted by atomic mass is 10.2. The zero-order chi connectivity index (χ0) is 15.2. The molecule has 0 unspecified atom stereocenters. The van der Waals surface area contributed by atoms with Gasteiger partial charge in [-0.15, -0.1) is 0 Å². The maximum absolute atomic E-state index is 12.1. The van der Waals surface area contributed by atoms with Crippen LogP contribution in [0.15, 0.2) is 41.3 Å². The lowest BCUT2D eigenvalue weighted by molar-refractivity contribution is 0.612. The van der Waals surface area contributed by atoms with E-state index in [4.69, 9.17) is 17.3 Å². The Morgan fingerprint density at radius 1 is 1.33 bits per heavy atom. The second-order valence-corrected chi connectivity index (χ2v) is 5.04. The monoisotopic (exact) mass is 306 g/mol. The van der Waals surface area contributed by atoms with Crippen LogP contribution in [0.3, 0.4) is 0 Å². The first-order valence-corrected chi connectivity index (χ1v) is 7.29. The third-order valence-electron chi connectivity index (χ3n) is 3.22. The van der Waals surface area contributed by atoms with Gasteiger partial charge in [-0.05, 0) is 12.5 Å². The van der Waals surface area contributed by atoms with Crippen LogP contribution in [0.25, 0.3) is 0 Å². The van der Waals surface area contributed by atoms with E-state index in [2.05, 4.69) is 5.10 Å². The van der Waals surface area contributed by atoms with Crippen LogP contribution in [-0.2, 0) is 13.1 Å². The Hall–Kier alpha value is -1.85. The molecule has 1 aromatic heterocycles. The number of benzene rings is 1. The van der Waals surface area contributed by atoms with Gasteiger partial charge in [0.1, 0.15) is 5.02 Å². The first-order chi connectivity index (χ1) is 10.2. The van der Waals surface area contributed by atoms with E-state index in [1.807, 2.05) is 42.2 Å². The molecule has 2 N–H and O–H groups in total. The van der Waals surface area contributed by atoms with Gasteiger partial charge >= 0.3 is 0 Å². The normalized spacial score (nSPS) is 10.6. The van der Waals surface area contributed by atoms with Gasteiger partial charge in [0, 0.05) is 26.2 Å². The summed E-state index contributed by atoms with van der Waals surface area (Å²) >= 11 is 6.22. The first-order valence-electron chi connectivity index (χ1n) is 6.92. The summed E-state index contributed by atoms with van der Waals surface area (Å²) in [6.45, 7) is 4.06. The molecule has 1 aromatic carbocycles. The molecule has 0 amide bonds. The Kier molecular flexibility index (Phi) is 5.36. The lowest BCUT2D eigenvalue weighted by Gasteiger charge is -2.25. The average molecular weight is 307 g/mol. The summed E-state index contributed by atoms with van der Waals surface area (Å²) in [5.41, 5.74) is 7.16. The van der Waals surface area contributed by atoms with Gasteiger partial charge < -0.3 is 10.6 Å². The highest BCUT2D eigenvalue weighted by molar-refractivity contribution is 6.33. The van der Waals surface area contributed by atoms with Crippen LogP contribution < -0.4 is 16.2 Å². The average Bonchev–Trinajstić information content (AvgIpc) is 2.51. The van der Waals surface area contributed by atoms with Gasteiger partial charge in [0.15, 0.2) is 0 Å². The zero-order valence-electron chi connectivity index (χ0n) is 12.0. The summed E-state index contributed by atoms with van der Waals surface area (Å²) in [6, 6.07) is 9.97. The number of aromatic nitrogens is 2. The number of anilines is 1. The fourth-order valence-corrected chi connectivity index (χ4v) is 2.41. The van der Waals surface area contributed by atoms with Crippen LogP contribution >= 0.6 is 11.6 Å². The van der Waals surface area contributed by atoms with Gasteiger partial charge in [-0.25, -0.2) is 4.68 Å². The molecule has 0 aliphatic rings. The number of rotatable bonds is 6. The molecule has 0 atom stereocenters. The van der Waals surface area contributed by atoms with Crippen LogP contribution in [0, 0.1) is 0 Å². The van der Waals surface area contributed by atoms with Gasteiger partial charge in [0.25, 0.3) is 5.56 Å². The molecule has 6 heteroatoms. The Morgan fingerprint density at radius 2 is 2.05 bits per heavy atom. The predicted octanol–water partition coefficient (Wildman–Crippen LogP) is 1.88. The molecule has 2 aromatic rings. The summed E-state index contributed by atoms with van der Waals surface area (Å²) in [5.74, 6) is 0. The molecule has 0 saturated heterocycles. The highest BCUT2D eigenvalue weighted by atomic mass is 35.5. The largest absolute Gasteiger partial charge is 0.363 e. The Balaban J connectivity index is 2.34. The van der Waals surface area contributed by atoms with Crippen molar-refractivity contribution >= 4 is 17.3 Å². The van der Waals surface area contributed by atoms with Crippen molar-refractivity contribution < 1.29 is 0 Å². The second-order valence-electron chi connectivity index (χ2n) is 4.66. The minimum atomic E-state index is -0.272. The highest BCUT2D eigenvalue weighted by Crippen LogP contribution is 2.22. The fraction of sp³-hybridized carbons (Fsp3) is 0.333. The molecule has 0 radical (unpaired) electrons. The number of hydrogen-bond acceptors (Lipinski definition) is 4. The first kappa shape index (κ1) is 15.5. The highest BCUT2D eigenvalue weighted by Gasteiger charge is 2.15. The molecule has 2 rings (SSSR count). The summed E-state index contributed by atoms with van der Waals surface area (Å²) in [4.78, 5) is 14.1. The van der Waals surface area contributed by atoms with Gasteiger partial charge in [-0.1, -0.05) is 41.9 Å². The third kappa shape index (κ3) is 3.62. The topological polar surface area (TPSA) is 64.2 Å². The molecule has 0 fully saturated rings. The second kappa shape index (κ2) is 7.24. The van der Waals surface area contributed by atoms with Crippen molar-refractivity contribution in [2.75, 3.05) is 18.0 Å². The molecule has 0 saturated carbocycles. The lowest BCUT2D eigenvalue weighted by Crippen LogP contribution is -2.32. The van der Waals surface area contributed by atoms with Gasteiger partial charge in [0.2, 0.25) is 0 Å². The van der Waals surface area contributed by atoms with Gasteiger partial charge in [0.05, 0.1) is 11.9 Å². The molecular weight excluding hydrogens is 288 g/mol. The molecule has 5 nitrogen and oxygen atoms in total. The molecule has 0 aliphatic heterocycles. The van der Waals surface area contributed by atoms with E-state index in [1.165, 1.54) is 4.68 Å². The van der Waals surface area contributed by atoms with Crippen molar-refractivity contribution in [3.63, 3.8) is 0 Å². The van der Waals surface area contributed by atoms with E-state index < -0.39 is 0 Å². The summed E-state index contributed by atoms with van der Waals surface area (Å²) < 4.78 is 1.34. The van der Waals surface area contributed by atoms with Crippen molar-refractivity contribution in [1.29, 1.82) is 0 Å². The van der Waals surface area contributed by atoms with E-state index in [0.29, 0.717) is 31.9 Å². The van der Waals surface area contributed by atoms with Crippen LogP contribution in [0.4, 0.5) is 5.69 Å². The summed E-state index contributed by atoms with van der Waals surface area (Å²) in [7, 11) is 0. The maximum atomic E-state index is 12.1. The number of nitrogens with zero attached hydrogens (tertiary/aromatic N) is 3. The maximum Gasteiger partial charge on any atom is 0.287 e. The molecule has 1 heterocycles. The van der Waals surface area contributed by atoms with Crippen molar-refractivity contribution in [1.82, 2.24) is 9.78 Å². The van der Waals surface area contributed by atoms with Crippen molar-refractivity contribution in [2.45, 2.75) is 20.0 Å². The van der Waals surface area contributed by atoms with Crippen LogP contribution in [0.2, 0.25) is 5.02 Å². The number of halogens is 1. The predicted molar refractivity (Wildman–Crippen MR) is 85.7 cm³/mol. The number of hydrogen-bond donors (Lipinski definition) is 1. The SMILES string of the molecule is CCn1ncc(N(CCN)Cc2ccccc2)c(Cl)c1=O. The van der Waals surface area contributed by atoms with Crippen molar-refractivity contribution in [3.8, 4) is 0 Å². The van der Waals surface area contributed by atoms with Crippen molar-refractivity contribution in [2.24, 2.45) is 5.73 Å². The quantitative estimate of drug-likeness (QED) is 0.885. The van der Waals surface area contributed by atoms with E-state index in [1.54, 1.807) is 6.20 Å². The number of nitrogens with two attached hydrogens (primary N) is 1. The molecule has 0 bridgehead atoms. The molecule has 0 aliphatic carbocycles. The minimum absolute atomic E-state index is 0.191. The summed E-state index contributed by atoms with van der Waals surface area (Å²) in [5, 5.41) is 4.33. The van der Waals surface area contributed by atoms with Crippen LogP contribution in [0.1, 0.15) is 12.5 Å². The zero-order valence-corrected chi connectivity index (χ0v) is 12.8. The van der Waals surface area contributed by atoms with E-state index in [9.17, 15) is 4.79 Å². The van der Waals surface area contributed by atoms with Gasteiger partial charge in [-0.3, -0.25) is 4.79 Å². The Bertz CT molecular complexity index is 642. The molecule has 112 valence electrons. The van der Waals surface area contributed by atoms with E-state index in [-0.39, 0.29) is 10.6 Å². The standard InChI is InChI=1S/C15H19ClN4O/c1-2-20-15(21)14(16)13(10-18-20)19(9-8-17)11-12-6-4-3-5-7-12/h3-7,10H,2,8-9,11,17H2,1H3. The minimum Gasteiger partial charge on any atom is -0.363 e. The van der Waals surface area contributed by atoms with Crippen molar-refractivity contribution in [3.05, 3.63) is 57.5 Å².